The molecule has 2 aliphatic rings. The van der Waals surface area contributed by atoms with Gasteiger partial charge in [-0.3, -0.25) is 5.10 Å². The van der Waals surface area contributed by atoms with Crippen LogP contribution in [0.4, 0.5) is 5.95 Å². The number of hydrogen-bond acceptors (Lipinski definition) is 4. The summed E-state index contributed by atoms with van der Waals surface area (Å²) in [7, 11) is 0. The molecule has 1 aliphatic carbocycles. The number of piperidine rings is 1. The Bertz CT molecular complexity index is 390. The monoisotopic (exact) mass is 263 g/mol. The fourth-order valence-corrected chi connectivity index (χ4v) is 2.96. The maximum Gasteiger partial charge on any atom is 0.244 e. The lowest BCUT2D eigenvalue weighted by Gasteiger charge is -2.31. The Kier molecular flexibility index (Phi) is 4.01. The molecule has 19 heavy (non-hydrogen) atoms. The van der Waals surface area contributed by atoms with Crippen molar-refractivity contribution in [3.05, 3.63) is 5.82 Å². The number of nitrogens with one attached hydrogen (secondary N) is 2. The Hall–Kier alpha value is -1.10. The fraction of sp³-hybridized carbons (Fsp3) is 0.857. The minimum atomic E-state index is 0.646. The third kappa shape index (κ3) is 2.91. The van der Waals surface area contributed by atoms with Gasteiger partial charge in [-0.1, -0.05) is 13.3 Å². The van der Waals surface area contributed by atoms with Gasteiger partial charge in [0.25, 0.3) is 0 Å². The van der Waals surface area contributed by atoms with Crippen LogP contribution in [0.3, 0.4) is 0 Å². The molecule has 0 amide bonds. The van der Waals surface area contributed by atoms with Crippen molar-refractivity contribution >= 4 is 5.95 Å². The standard InChI is InChI=1S/C14H25N5/c1-2-15-10-11-6-8-19(9-7-11)14-16-13(17-18-14)12-4-3-5-12/h11-12,15H,2-10H2,1H3,(H,16,17,18). The van der Waals surface area contributed by atoms with E-state index in [2.05, 4.69) is 32.3 Å². The summed E-state index contributed by atoms with van der Waals surface area (Å²) in [6, 6.07) is 0. The van der Waals surface area contributed by atoms with E-state index < -0.39 is 0 Å². The van der Waals surface area contributed by atoms with Crippen LogP contribution in [0.15, 0.2) is 0 Å². The van der Waals surface area contributed by atoms with Gasteiger partial charge >= 0.3 is 0 Å². The summed E-state index contributed by atoms with van der Waals surface area (Å²) < 4.78 is 0. The van der Waals surface area contributed by atoms with Crippen molar-refractivity contribution in [2.75, 3.05) is 31.1 Å². The first kappa shape index (κ1) is 12.9. The normalized spacial score (nSPS) is 21.6. The van der Waals surface area contributed by atoms with Crippen molar-refractivity contribution < 1.29 is 0 Å². The van der Waals surface area contributed by atoms with E-state index >= 15 is 0 Å². The summed E-state index contributed by atoms with van der Waals surface area (Å²) >= 11 is 0. The molecule has 0 bridgehead atoms. The lowest BCUT2D eigenvalue weighted by atomic mass is 9.85. The van der Waals surface area contributed by atoms with Crippen LogP contribution in [0.1, 0.15) is 50.8 Å². The number of H-pyrrole nitrogens is 1. The molecular formula is C14H25N5. The molecule has 2 heterocycles. The molecule has 2 fully saturated rings. The Labute approximate surface area is 115 Å². The van der Waals surface area contributed by atoms with Gasteiger partial charge in [0.1, 0.15) is 5.82 Å². The van der Waals surface area contributed by atoms with Gasteiger partial charge in [0, 0.05) is 19.0 Å². The van der Waals surface area contributed by atoms with Crippen LogP contribution >= 0.6 is 0 Å². The van der Waals surface area contributed by atoms with Gasteiger partial charge in [0.05, 0.1) is 0 Å². The zero-order valence-corrected chi connectivity index (χ0v) is 11.9. The molecule has 1 saturated heterocycles. The molecule has 1 saturated carbocycles. The topological polar surface area (TPSA) is 56.8 Å². The van der Waals surface area contributed by atoms with Crippen molar-refractivity contribution in [3.63, 3.8) is 0 Å². The van der Waals surface area contributed by atoms with Crippen LogP contribution in [0.25, 0.3) is 0 Å². The maximum absolute atomic E-state index is 4.69. The highest BCUT2D eigenvalue weighted by atomic mass is 15.4. The fourth-order valence-electron chi connectivity index (χ4n) is 2.96. The molecule has 0 atom stereocenters. The Morgan fingerprint density at radius 1 is 1.26 bits per heavy atom. The average molecular weight is 263 g/mol. The molecule has 5 nitrogen and oxygen atoms in total. The molecule has 0 aromatic carbocycles. The average Bonchev–Trinajstić information content (AvgIpc) is 2.84. The third-order valence-electron chi connectivity index (χ3n) is 4.56. The molecule has 1 aromatic heterocycles. The summed E-state index contributed by atoms with van der Waals surface area (Å²) in [5, 5.41) is 11.0. The lowest BCUT2D eigenvalue weighted by molar-refractivity contribution is 0.383. The van der Waals surface area contributed by atoms with Gasteiger partial charge in [-0.25, -0.2) is 0 Å². The van der Waals surface area contributed by atoms with E-state index in [9.17, 15) is 0 Å². The Balaban J connectivity index is 1.51. The maximum atomic E-state index is 4.69. The molecule has 0 spiro atoms. The van der Waals surface area contributed by atoms with Crippen molar-refractivity contribution in [1.29, 1.82) is 0 Å². The number of anilines is 1. The zero-order chi connectivity index (χ0) is 13.1. The summed E-state index contributed by atoms with van der Waals surface area (Å²) in [5.41, 5.74) is 0. The molecule has 5 heteroatoms. The highest BCUT2D eigenvalue weighted by Gasteiger charge is 2.26. The first-order valence-electron chi connectivity index (χ1n) is 7.74. The minimum absolute atomic E-state index is 0.646. The van der Waals surface area contributed by atoms with E-state index in [1.165, 1.54) is 32.1 Å². The molecule has 106 valence electrons. The van der Waals surface area contributed by atoms with E-state index in [0.29, 0.717) is 5.92 Å². The predicted octanol–water partition coefficient (Wildman–Crippen LogP) is 1.90. The van der Waals surface area contributed by atoms with Crippen molar-refractivity contribution in [2.24, 2.45) is 5.92 Å². The lowest BCUT2D eigenvalue weighted by Crippen LogP contribution is -2.37. The minimum Gasteiger partial charge on any atom is -0.340 e. The van der Waals surface area contributed by atoms with E-state index in [1.54, 1.807) is 0 Å². The van der Waals surface area contributed by atoms with E-state index in [0.717, 1.165) is 43.9 Å². The molecular weight excluding hydrogens is 238 g/mol. The quantitative estimate of drug-likeness (QED) is 0.852. The molecule has 3 rings (SSSR count). The summed E-state index contributed by atoms with van der Waals surface area (Å²) in [6.07, 6.45) is 6.40. The summed E-state index contributed by atoms with van der Waals surface area (Å²) in [4.78, 5) is 7.02. The first-order valence-corrected chi connectivity index (χ1v) is 7.74. The molecule has 1 aliphatic heterocycles. The van der Waals surface area contributed by atoms with Gasteiger partial charge in [0.15, 0.2) is 0 Å². The number of rotatable bonds is 5. The smallest absolute Gasteiger partial charge is 0.244 e. The largest absolute Gasteiger partial charge is 0.340 e. The van der Waals surface area contributed by atoms with Gasteiger partial charge in [0.2, 0.25) is 5.95 Å². The number of aromatic nitrogens is 3. The third-order valence-corrected chi connectivity index (χ3v) is 4.56. The van der Waals surface area contributed by atoms with Crippen LogP contribution in [-0.4, -0.2) is 41.4 Å². The highest BCUT2D eigenvalue weighted by molar-refractivity contribution is 5.30. The zero-order valence-electron chi connectivity index (χ0n) is 11.9. The first-order chi connectivity index (χ1) is 9.36. The van der Waals surface area contributed by atoms with Crippen LogP contribution < -0.4 is 10.2 Å². The Morgan fingerprint density at radius 2 is 2.05 bits per heavy atom. The molecule has 0 unspecified atom stereocenters. The van der Waals surface area contributed by atoms with Crippen LogP contribution in [0.5, 0.6) is 0 Å². The number of nitrogens with zero attached hydrogens (tertiary/aromatic N) is 3. The van der Waals surface area contributed by atoms with Crippen molar-refractivity contribution in [2.45, 2.75) is 44.9 Å². The van der Waals surface area contributed by atoms with Crippen LogP contribution in [0.2, 0.25) is 0 Å². The second-order valence-corrected chi connectivity index (χ2v) is 5.89. The van der Waals surface area contributed by atoms with Crippen LogP contribution in [0, 0.1) is 5.92 Å². The van der Waals surface area contributed by atoms with Crippen molar-refractivity contribution in [3.8, 4) is 0 Å². The summed E-state index contributed by atoms with van der Waals surface area (Å²) in [5.74, 6) is 3.49. The predicted molar refractivity (Wildman–Crippen MR) is 76.5 cm³/mol. The number of hydrogen-bond donors (Lipinski definition) is 2. The van der Waals surface area contributed by atoms with Crippen molar-refractivity contribution in [1.82, 2.24) is 20.5 Å². The highest BCUT2D eigenvalue weighted by Crippen LogP contribution is 2.34. The van der Waals surface area contributed by atoms with Gasteiger partial charge in [-0.2, -0.15) is 4.98 Å². The summed E-state index contributed by atoms with van der Waals surface area (Å²) in [6.45, 7) is 6.60. The molecule has 0 radical (unpaired) electrons. The van der Waals surface area contributed by atoms with E-state index in [1.807, 2.05) is 0 Å². The second kappa shape index (κ2) is 5.90. The van der Waals surface area contributed by atoms with E-state index in [-0.39, 0.29) is 0 Å². The molecule has 1 aromatic rings. The number of aromatic amines is 1. The van der Waals surface area contributed by atoms with E-state index in [4.69, 9.17) is 0 Å². The van der Waals surface area contributed by atoms with Gasteiger partial charge in [-0.15, -0.1) is 5.10 Å². The second-order valence-electron chi connectivity index (χ2n) is 5.89. The SMILES string of the molecule is CCNCC1CCN(c2n[nH]c(C3CCC3)n2)CC1. The van der Waals surface area contributed by atoms with Gasteiger partial charge in [-0.05, 0) is 44.7 Å². The molecule has 2 N–H and O–H groups in total. The van der Waals surface area contributed by atoms with Crippen LogP contribution in [-0.2, 0) is 0 Å². The van der Waals surface area contributed by atoms with Gasteiger partial charge < -0.3 is 10.2 Å². The Morgan fingerprint density at radius 3 is 2.68 bits per heavy atom.